The second-order valence-corrected chi connectivity index (χ2v) is 2.86. The second kappa shape index (κ2) is 3.35. The molecule has 2 heterocycles. The van der Waals surface area contributed by atoms with Gasteiger partial charge in [-0.2, -0.15) is 0 Å². The van der Waals surface area contributed by atoms with E-state index >= 15 is 0 Å². The number of aryl methyl sites for hydroxylation is 1. The summed E-state index contributed by atoms with van der Waals surface area (Å²) >= 11 is 0. The van der Waals surface area contributed by atoms with Gasteiger partial charge in [-0.25, -0.2) is 0 Å². The molecule has 0 bridgehead atoms. The van der Waals surface area contributed by atoms with E-state index in [9.17, 15) is 5.11 Å². The molecule has 1 aromatic rings. The van der Waals surface area contributed by atoms with Crippen molar-refractivity contribution >= 4 is 0 Å². The molecule has 0 amide bonds. The molecule has 72 valence electrons. The van der Waals surface area contributed by atoms with Gasteiger partial charge < -0.3 is 14.6 Å². The van der Waals surface area contributed by atoms with Gasteiger partial charge in [-0.15, -0.1) is 5.10 Å². The van der Waals surface area contributed by atoms with Crippen LogP contribution in [0.15, 0.2) is 12.3 Å². The summed E-state index contributed by atoms with van der Waals surface area (Å²) in [6.45, 7) is -1.81. The predicted octanol–water partition coefficient (Wildman–Crippen LogP) is -0.441. The van der Waals surface area contributed by atoms with Crippen LogP contribution in [0.3, 0.4) is 0 Å². The van der Waals surface area contributed by atoms with E-state index in [0.717, 1.165) is 4.68 Å². The van der Waals surface area contributed by atoms with E-state index in [-0.39, 0.29) is 19.1 Å². The van der Waals surface area contributed by atoms with Crippen LogP contribution in [-0.4, -0.2) is 40.3 Å². The quantitative estimate of drug-likeness (QED) is 0.682. The Morgan fingerprint density at radius 3 is 3.38 bits per heavy atom. The maximum absolute atomic E-state index is 9.42. The highest BCUT2D eigenvalue weighted by Gasteiger charge is 2.28. The van der Waals surface area contributed by atoms with E-state index in [0.29, 0.717) is 0 Å². The molecular formula is C8H12N2O3. The van der Waals surface area contributed by atoms with E-state index in [1.54, 1.807) is 0 Å². The number of hydrogen-bond acceptors (Lipinski definition) is 4. The Morgan fingerprint density at radius 1 is 1.85 bits per heavy atom. The standard InChI is InChI=1S/C8H12N2O3/c1-10-3-2-8(9-10)13-7-5-12-4-6(7)11/h2-3,6-7,11H,4-5H2,1H3/t6-,7-/m0/s1/i1D3. The molecule has 5 heteroatoms. The number of ether oxygens (including phenoxy) is 2. The third-order valence-corrected chi connectivity index (χ3v) is 1.84. The van der Waals surface area contributed by atoms with Crippen molar-refractivity contribution in [3.05, 3.63) is 12.3 Å². The predicted molar refractivity (Wildman–Crippen MR) is 44.4 cm³/mol. The number of aliphatic hydroxyl groups excluding tert-OH is 1. The number of hydrogen-bond donors (Lipinski definition) is 1. The number of aliphatic hydroxyl groups is 1. The van der Waals surface area contributed by atoms with E-state index in [1.165, 1.54) is 12.3 Å². The summed E-state index contributed by atoms with van der Waals surface area (Å²) in [5.41, 5.74) is 0. The van der Waals surface area contributed by atoms with Crippen molar-refractivity contribution < 1.29 is 18.7 Å². The highest BCUT2D eigenvalue weighted by Crippen LogP contribution is 2.14. The lowest BCUT2D eigenvalue weighted by atomic mass is 10.3. The van der Waals surface area contributed by atoms with Crippen LogP contribution in [0.4, 0.5) is 0 Å². The van der Waals surface area contributed by atoms with Crippen LogP contribution in [0.5, 0.6) is 5.88 Å². The molecule has 1 N–H and O–H groups in total. The Bertz CT molecular complexity index is 366. The SMILES string of the molecule is [2H]C([2H])([2H])n1ccc(O[C@H]2COC[C@@H]2O)n1. The first kappa shape index (κ1) is 5.62. The zero-order chi connectivity index (χ0) is 11.8. The Balaban J connectivity index is 2.03. The summed E-state index contributed by atoms with van der Waals surface area (Å²) in [4.78, 5) is 0. The van der Waals surface area contributed by atoms with Crippen LogP contribution in [0.25, 0.3) is 0 Å². The van der Waals surface area contributed by atoms with Gasteiger partial charge in [0, 0.05) is 23.4 Å². The molecule has 2 atom stereocenters. The molecule has 0 spiro atoms. The lowest BCUT2D eigenvalue weighted by Gasteiger charge is -2.12. The first-order valence-electron chi connectivity index (χ1n) is 5.45. The van der Waals surface area contributed by atoms with Gasteiger partial charge in [0.15, 0.2) is 6.10 Å². The van der Waals surface area contributed by atoms with Gasteiger partial charge in [0.1, 0.15) is 6.10 Å². The molecule has 1 aliphatic rings. The summed E-state index contributed by atoms with van der Waals surface area (Å²) in [6, 6.07) is 1.44. The molecule has 5 nitrogen and oxygen atoms in total. The Kier molecular flexibility index (Phi) is 1.45. The van der Waals surface area contributed by atoms with Crippen molar-refractivity contribution in [2.45, 2.75) is 12.2 Å². The smallest absolute Gasteiger partial charge is 0.233 e. The minimum Gasteiger partial charge on any atom is -0.468 e. The minimum absolute atomic E-state index is 0.172. The molecule has 0 saturated carbocycles. The lowest BCUT2D eigenvalue weighted by molar-refractivity contribution is 0.0700. The topological polar surface area (TPSA) is 56.5 Å². The number of nitrogens with zero attached hydrogens (tertiary/aromatic N) is 2. The van der Waals surface area contributed by atoms with Crippen LogP contribution >= 0.6 is 0 Å². The number of rotatable bonds is 2. The largest absolute Gasteiger partial charge is 0.468 e. The molecular weight excluding hydrogens is 172 g/mol. The summed E-state index contributed by atoms with van der Waals surface area (Å²) in [5.74, 6) is 0.172. The summed E-state index contributed by atoms with van der Waals surface area (Å²) in [6.07, 6.45) is 0.128. The van der Waals surface area contributed by atoms with Crippen LogP contribution in [-0.2, 0) is 11.7 Å². The van der Waals surface area contributed by atoms with Gasteiger partial charge in [0.25, 0.3) is 0 Å². The lowest BCUT2D eigenvalue weighted by Crippen LogP contribution is -2.29. The van der Waals surface area contributed by atoms with Gasteiger partial charge in [-0.1, -0.05) is 0 Å². The van der Waals surface area contributed by atoms with Crippen molar-refractivity contribution in [1.82, 2.24) is 9.78 Å². The molecule has 1 aromatic heterocycles. The fraction of sp³-hybridized carbons (Fsp3) is 0.625. The van der Waals surface area contributed by atoms with E-state index in [4.69, 9.17) is 13.6 Å². The highest BCUT2D eigenvalue weighted by atomic mass is 16.6. The van der Waals surface area contributed by atoms with Gasteiger partial charge in [0.2, 0.25) is 5.88 Å². The van der Waals surface area contributed by atoms with E-state index < -0.39 is 19.2 Å². The maximum Gasteiger partial charge on any atom is 0.233 e. The monoisotopic (exact) mass is 187 g/mol. The van der Waals surface area contributed by atoms with Gasteiger partial charge in [0.05, 0.1) is 13.2 Å². The summed E-state index contributed by atoms with van der Waals surface area (Å²) < 4.78 is 32.5. The first-order chi connectivity index (χ1) is 7.47. The van der Waals surface area contributed by atoms with E-state index in [1.807, 2.05) is 0 Å². The minimum atomic E-state index is -2.31. The Morgan fingerprint density at radius 2 is 2.77 bits per heavy atom. The van der Waals surface area contributed by atoms with Crippen molar-refractivity contribution in [1.29, 1.82) is 0 Å². The Labute approximate surface area is 80.1 Å². The van der Waals surface area contributed by atoms with Crippen molar-refractivity contribution in [3.63, 3.8) is 0 Å². The van der Waals surface area contributed by atoms with Crippen molar-refractivity contribution in [2.24, 2.45) is 6.98 Å². The van der Waals surface area contributed by atoms with Crippen LogP contribution in [0, 0.1) is 0 Å². The fourth-order valence-electron chi connectivity index (χ4n) is 1.16. The fourth-order valence-corrected chi connectivity index (χ4v) is 1.16. The average molecular weight is 187 g/mol. The van der Waals surface area contributed by atoms with Gasteiger partial charge in [-0.3, -0.25) is 4.68 Å². The van der Waals surface area contributed by atoms with Crippen LogP contribution < -0.4 is 4.74 Å². The van der Waals surface area contributed by atoms with Crippen LogP contribution in [0.1, 0.15) is 4.11 Å². The Hall–Kier alpha value is -1.07. The third kappa shape index (κ3) is 1.81. The number of aromatic nitrogens is 2. The molecule has 2 rings (SSSR count). The normalized spacial score (nSPS) is 32.2. The van der Waals surface area contributed by atoms with Crippen molar-refractivity contribution in [2.75, 3.05) is 13.2 Å². The molecule has 1 fully saturated rings. The summed E-state index contributed by atoms with van der Waals surface area (Å²) in [5, 5.41) is 13.2. The highest BCUT2D eigenvalue weighted by molar-refractivity contribution is 5.06. The zero-order valence-corrected chi connectivity index (χ0v) is 6.88. The molecule has 0 aliphatic carbocycles. The molecule has 1 aliphatic heterocycles. The van der Waals surface area contributed by atoms with Gasteiger partial charge >= 0.3 is 0 Å². The second-order valence-electron chi connectivity index (χ2n) is 2.86. The average Bonchev–Trinajstić information content (AvgIpc) is 2.76. The van der Waals surface area contributed by atoms with Gasteiger partial charge in [-0.05, 0) is 0 Å². The molecule has 0 unspecified atom stereocenters. The maximum atomic E-state index is 9.42. The molecule has 1 saturated heterocycles. The first-order valence-corrected chi connectivity index (χ1v) is 3.95. The zero-order valence-electron chi connectivity index (χ0n) is 9.88. The molecule has 13 heavy (non-hydrogen) atoms. The summed E-state index contributed by atoms with van der Waals surface area (Å²) in [7, 11) is 0. The third-order valence-electron chi connectivity index (χ3n) is 1.84. The van der Waals surface area contributed by atoms with Crippen LogP contribution in [0.2, 0.25) is 0 Å². The van der Waals surface area contributed by atoms with E-state index in [2.05, 4.69) is 5.10 Å². The molecule has 0 radical (unpaired) electrons. The van der Waals surface area contributed by atoms with Crippen molar-refractivity contribution in [3.8, 4) is 5.88 Å². The molecule has 0 aromatic carbocycles.